The number of esters is 1. The van der Waals surface area contributed by atoms with Crippen LogP contribution in [0.1, 0.15) is 16.3 Å². The molecule has 0 atom stereocenters. The molecule has 24 heavy (non-hydrogen) atoms. The number of aromatic nitrogens is 4. The molecule has 0 saturated heterocycles. The molecule has 118 valence electrons. The Balaban J connectivity index is 1.55. The quantitative estimate of drug-likeness (QED) is 0.576. The van der Waals surface area contributed by atoms with E-state index in [0.717, 1.165) is 0 Å². The third-order valence-electron chi connectivity index (χ3n) is 3.36. The molecule has 0 bridgehead atoms. The zero-order valence-corrected chi connectivity index (χ0v) is 13.0. The van der Waals surface area contributed by atoms with Crippen molar-refractivity contribution in [1.82, 2.24) is 19.9 Å². The van der Waals surface area contributed by atoms with Crippen molar-refractivity contribution in [2.75, 3.05) is 0 Å². The minimum atomic E-state index is -0.624. The van der Waals surface area contributed by atoms with Gasteiger partial charge in [0.05, 0.1) is 22.7 Å². The first kappa shape index (κ1) is 14.5. The second-order valence-corrected chi connectivity index (χ2v) is 5.88. The molecule has 8 heteroatoms. The summed E-state index contributed by atoms with van der Waals surface area (Å²) in [4.78, 5) is 39.2. The van der Waals surface area contributed by atoms with Gasteiger partial charge in [0.15, 0.2) is 5.69 Å². The Morgan fingerprint density at radius 1 is 1.12 bits per heavy atom. The number of carbonyl (C=O) groups excluding carboxylic acids is 1. The Bertz CT molecular complexity index is 1120. The van der Waals surface area contributed by atoms with E-state index >= 15 is 0 Å². The lowest BCUT2D eigenvalue weighted by molar-refractivity contribution is 0.0455. The third-order valence-corrected chi connectivity index (χ3v) is 4.26. The van der Waals surface area contributed by atoms with Crippen molar-refractivity contribution < 1.29 is 9.53 Å². The van der Waals surface area contributed by atoms with Gasteiger partial charge in [-0.1, -0.05) is 12.1 Å². The number of para-hydroxylation sites is 2. The first-order chi connectivity index (χ1) is 11.7. The maximum atomic E-state index is 12.1. The number of ether oxygens (including phenoxy) is 1. The van der Waals surface area contributed by atoms with Gasteiger partial charge in [-0.2, -0.15) is 0 Å². The number of nitrogens with one attached hydrogen (secondary N) is 1. The topological polar surface area (TPSA) is 97.8 Å². The van der Waals surface area contributed by atoms with Crippen molar-refractivity contribution in [3.63, 3.8) is 0 Å². The van der Waals surface area contributed by atoms with Gasteiger partial charge in [0, 0.05) is 0 Å². The van der Waals surface area contributed by atoms with Gasteiger partial charge in [0.25, 0.3) is 5.56 Å². The Morgan fingerprint density at radius 3 is 2.83 bits per heavy atom. The molecule has 0 spiro atoms. The molecule has 0 aliphatic rings. The number of H-pyrrole nitrogens is 1. The largest absolute Gasteiger partial charge is 0.453 e. The van der Waals surface area contributed by atoms with E-state index in [1.54, 1.807) is 17.5 Å². The van der Waals surface area contributed by atoms with Crippen LogP contribution in [-0.2, 0) is 11.3 Å². The average molecular weight is 338 g/mol. The van der Waals surface area contributed by atoms with Gasteiger partial charge in [-0.3, -0.25) is 9.78 Å². The Morgan fingerprint density at radius 2 is 1.96 bits per heavy atom. The second-order valence-electron chi connectivity index (χ2n) is 4.97. The molecular formula is C16H10N4O3S. The van der Waals surface area contributed by atoms with Gasteiger partial charge in [0.1, 0.15) is 17.1 Å². The van der Waals surface area contributed by atoms with Crippen LogP contribution in [0, 0.1) is 0 Å². The van der Waals surface area contributed by atoms with Crippen LogP contribution < -0.4 is 5.56 Å². The predicted octanol–water partition coefficient (Wildman–Crippen LogP) is 2.28. The first-order valence-corrected chi connectivity index (χ1v) is 7.94. The van der Waals surface area contributed by atoms with E-state index in [2.05, 4.69) is 19.9 Å². The molecule has 1 N–H and O–H groups in total. The zero-order valence-electron chi connectivity index (χ0n) is 12.2. The summed E-state index contributed by atoms with van der Waals surface area (Å²) in [6.07, 6.45) is 1.36. The van der Waals surface area contributed by atoms with Crippen LogP contribution in [0.2, 0.25) is 0 Å². The van der Waals surface area contributed by atoms with Gasteiger partial charge in [0.2, 0.25) is 0 Å². The van der Waals surface area contributed by atoms with Gasteiger partial charge in [-0.15, -0.1) is 11.3 Å². The number of hydrogen-bond acceptors (Lipinski definition) is 7. The number of thiophene rings is 1. The number of benzene rings is 1. The minimum absolute atomic E-state index is 0.104. The van der Waals surface area contributed by atoms with Crippen LogP contribution >= 0.6 is 11.3 Å². The lowest BCUT2D eigenvalue weighted by Gasteiger charge is -2.04. The second kappa shape index (κ2) is 5.82. The predicted molar refractivity (Wildman–Crippen MR) is 88.9 cm³/mol. The number of fused-ring (bicyclic) bond motifs is 2. The van der Waals surface area contributed by atoms with Gasteiger partial charge >= 0.3 is 5.97 Å². The summed E-state index contributed by atoms with van der Waals surface area (Å²) in [7, 11) is 0. The highest BCUT2D eigenvalue weighted by atomic mass is 32.1. The number of aromatic amines is 1. The highest BCUT2D eigenvalue weighted by Crippen LogP contribution is 2.14. The monoisotopic (exact) mass is 338 g/mol. The van der Waals surface area contributed by atoms with Crippen molar-refractivity contribution in [3.8, 4) is 0 Å². The maximum absolute atomic E-state index is 12.1. The van der Waals surface area contributed by atoms with Crippen molar-refractivity contribution in [2.45, 2.75) is 6.61 Å². The molecular weight excluding hydrogens is 328 g/mol. The summed E-state index contributed by atoms with van der Waals surface area (Å²) in [5, 5.41) is 1.79. The fourth-order valence-electron chi connectivity index (χ4n) is 2.25. The van der Waals surface area contributed by atoms with Gasteiger partial charge in [-0.05, 0) is 23.6 Å². The summed E-state index contributed by atoms with van der Waals surface area (Å²) >= 11 is 1.31. The Labute approximate surface area is 139 Å². The Kier molecular flexibility index (Phi) is 3.51. The summed E-state index contributed by atoms with van der Waals surface area (Å²) in [5.41, 5.74) is 1.75. The zero-order chi connectivity index (χ0) is 16.5. The lowest BCUT2D eigenvalue weighted by Crippen LogP contribution is -2.14. The SMILES string of the molecule is O=C(OCc1nc2ccsc2c(=O)[nH]1)c1cnc2ccccc2n1. The van der Waals surface area contributed by atoms with Crippen LogP contribution in [0.4, 0.5) is 0 Å². The van der Waals surface area contributed by atoms with Crippen LogP contribution in [0.3, 0.4) is 0 Å². The van der Waals surface area contributed by atoms with Gasteiger partial charge in [-0.25, -0.2) is 14.8 Å². The molecule has 0 unspecified atom stereocenters. The molecule has 4 rings (SSSR count). The van der Waals surface area contributed by atoms with Crippen molar-refractivity contribution in [3.05, 3.63) is 63.8 Å². The summed E-state index contributed by atoms with van der Waals surface area (Å²) < 4.78 is 5.72. The van der Waals surface area contributed by atoms with E-state index in [-0.39, 0.29) is 23.7 Å². The molecule has 3 aromatic heterocycles. The van der Waals surface area contributed by atoms with E-state index in [0.29, 0.717) is 21.3 Å². The summed E-state index contributed by atoms with van der Waals surface area (Å²) in [6, 6.07) is 8.98. The van der Waals surface area contributed by atoms with Crippen LogP contribution in [0.25, 0.3) is 21.3 Å². The fourth-order valence-corrected chi connectivity index (χ4v) is 2.98. The van der Waals surface area contributed by atoms with Crippen molar-refractivity contribution in [1.29, 1.82) is 0 Å². The fraction of sp³-hybridized carbons (Fsp3) is 0.0625. The smallest absolute Gasteiger partial charge is 0.359 e. The van der Waals surface area contributed by atoms with E-state index < -0.39 is 5.97 Å². The van der Waals surface area contributed by atoms with E-state index in [1.165, 1.54) is 17.5 Å². The third kappa shape index (κ3) is 2.63. The average Bonchev–Trinajstić information content (AvgIpc) is 3.08. The van der Waals surface area contributed by atoms with Crippen molar-refractivity contribution in [2.24, 2.45) is 0 Å². The van der Waals surface area contributed by atoms with E-state index in [4.69, 9.17) is 4.74 Å². The van der Waals surface area contributed by atoms with E-state index in [9.17, 15) is 9.59 Å². The number of nitrogens with zero attached hydrogens (tertiary/aromatic N) is 3. The molecule has 0 amide bonds. The lowest BCUT2D eigenvalue weighted by atomic mass is 10.3. The maximum Gasteiger partial charge on any atom is 0.359 e. The molecule has 0 aliphatic heterocycles. The minimum Gasteiger partial charge on any atom is -0.453 e. The highest BCUT2D eigenvalue weighted by molar-refractivity contribution is 7.17. The van der Waals surface area contributed by atoms with Crippen LogP contribution in [0.15, 0.2) is 46.7 Å². The molecule has 0 fully saturated rings. The number of hydrogen-bond donors (Lipinski definition) is 1. The van der Waals surface area contributed by atoms with Crippen LogP contribution in [0.5, 0.6) is 0 Å². The molecule has 0 aliphatic carbocycles. The van der Waals surface area contributed by atoms with Gasteiger partial charge < -0.3 is 9.72 Å². The molecule has 7 nitrogen and oxygen atoms in total. The summed E-state index contributed by atoms with van der Waals surface area (Å²) in [6.45, 7) is -0.144. The number of rotatable bonds is 3. The first-order valence-electron chi connectivity index (χ1n) is 7.06. The molecule has 0 radical (unpaired) electrons. The standard InChI is InChI=1S/C16H10N4O3S/c21-15-14-11(5-6-24-14)19-13(20-15)8-23-16(22)12-7-17-9-3-1-2-4-10(9)18-12/h1-7H,8H2,(H,19,20,21). The Hall–Kier alpha value is -3.13. The van der Waals surface area contributed by atoms with Crippen molar-refractivity contribution >= 4 is 38.6 Å². The molecule has 4 aromatic rings. The molecule has 1 aromatic carbocycles. The molecule has 0 saturated carbocycles. The normalized spacial score (nSPS) is 11.0. The van der Waals surface area contributed by atoms with E-state index in [1.807, 2.05) is 18.2 Å². The number of carbonyl (C=O) groups is 1. The summed E-state index contributed by atoms with van der Waals surface area (Å²) in [5.74, 6) is -0.339. The molecule has 3 heterocycles. The highest BCUT2D eigenvalue weighted by Gasteiger charge is 2.12. The van der Waals surface area contributed by atoms with Crippen LogP contribution in [-0.4, -0.2) is 25.9 Å².